The summed E-state index contributed by atoms with van der Waals surface area (Å²) in [4.78, 5) is 28.8. The highest BCUT2D eigenvalue weighted by atomic mass is 32.2. The van der Waals surface area contributed by atoms with Crippen molar-refractivity contribution in [3.8, 4) is 11.5 Å². The van der Waals surface area contributed by atoms with Gasteiger partial charge < -0.3 is 19.7 Å². The van der Waals surface area contributed by atoms with Gasteiger partial charge in [-0.3, -0.25) is 13.9 Å². The Morgan fingerprint density at radius 2 is 1.58 bits per heavy atom. The Kier molecular flexibility index (Phi) is 10.3. The van der Waals surface area contributed by atoms with E-state index in [0.717, 1.165) is 27.6 Å². The zero-order valence-corrected chi connectivity index (χ0v) is 25.7. The molecule has 3 aromatic carbocycles. The van der Waals surface area contributed by atoms with Gasteiger partial charge in [-0.05, 0) is 68.7 Å². The molecule has 0 fully saturated rings. The van der Waals surface area contributed by atoms with E-state index in [1.807, 2.05) is 45.0 Å². The number of sulfonamides is 1. The maximum atomic E-state index is 14.2. The second-order valence-corrected chi connectivity index (χ2v) is 12.4. The first kappa shape index (κ1) is 31.8. The lowest BCUT2D eigenvalue weighted by molar-refractivity contribution is -0.140. The average Bonchev–Trinajstić information content (AvgIpc) is 3.00. The number of nitrogens with zero attached hydrogens (tertiary/aromatic N) is 2. The molecule has 43 heavy (non-hydrogen) atoms. The van der Waals surface area contributed by atoms with Crippen molar-refractivity contribution in [3.63, 3.8) is 0 Å². The zero-order valence-electron chi connectivity index (χ0n) is 24.9. The van der Waals surface area contributed by atoms with Gasteiger partial charge in [0.1, 0.15) is 31.6 Å². The number of aryl methyl sites for hydroxylation is 1. The van der Waals surface area contributed by atoms with Gasteiger partial charge in [0.2, 0.25) is 11.8 Å². The zero-order chi connectivity index (χ0) is 31.1. The lowest BCUT2D eigenvalue weighted by Gasteiger charge is -2.34. The Morgan fingerprint density at radius 1 is 0.930 bits per heavy atom. The molecule has 1 heterocycles. The fraction of sp³-hybridized carbons (Fsp3) is 0.375. The van der Waals surface area contributed by atoms with Crippen molar-refractivity contribution < 1.29 is 31.9 Å². The summed E-state index contributed by atoms with van der Waals surface area (Å²) in [7, 11) is -4.36. The number of hydrogen-bond acceptors (Lipinski definition) is 6. The van der Waals surface area contributed by atoms with Gasteiger partial charge in [-0.1, -0.05) is 43.7 Å². The van der Waals surface area contributed by atoms with Gasteiger partial charge in [-0.25, -0.2) is 12.8 Å². The van der Waals surface area contributed by atoms with E-state index < -0.39 is 34.3 Å². The van der Waals surface area contributed by atoms with Crippen LogP contribution >= 0.6 is 0 Å². The Hall–Kier alpha value is -4.12. The lowest BCUT2D eigenvalue weighted by atomic mass is 10.1. The number of anilines is 1. The molecule has 3 aromatic rings. The Bertz CT molecular complexity index is 1530. The van der Waals surface area contributed by atoms with Crippen molar-refractivity contribution in [2.24, 2.45) is 0 Å². The first-order chi connectivity index (χ1) is 20.5. The molecule has 4 rings (SSSR count). The van der Waals surface area contributed by atoms with Crippen LogP contribution in [0.5, 0.6) is 11.5 Å². The Balaban J connectivity index is 1.74. The van der Waals surface area contributed by atoms with Crippen LogP contribution in [-0.2, 0) is 26.2 Å². The van der Waals surface area contributed by atoms with Gasteiger partial charge in [-0.2, -0.15) is 0 Å². The maximum Gasteiger partial charge on any atom is 0.264 e. The van der Waals surface area contributed by atoms with Gasteiger partial charge >= 0.3 is 0 Å². The second kappa shape index (κ2) is 13.9. The van der Waals surface area contributed by atoms with Gasteiger partial charge in [0.25, 0.3) is 10.0 Å². The number of rotatable bonds is 12. The number of fused-ring (bicyclic) bond motifs is 1. The summed E-state index contributed by atoms with van der Waals surface area (Å²) in [6.07, 6.45) is 1.02. The monoisotopic (exact) mass is 611 g/mol. The van der Waals surface area contributed by atoms with E-state index in [2.05, 4.69) is 5.32 Å². The number of hydrogen-bond donors (Lipinski definition) is 1. The number of halogens is 1. The molecule has 230 valence electrons. The minimum Gasteiger partial charge on any atom is -0.486 e. The largest absolute Gasteiger partial charge is 0.486 e. The van der Waals surface area contributed by atoms with Crippen LogP contribution in [0.15, 0.2) is 71.6 Å². The molecule has 2 atom stereocenters. The van der Waals surface area contributed by atoms with E-state index in [4.69, 9.17) is 9.47 Å². The molecule has 0 saturated heterocycles. The summed E-state index contributed by atoms with van der Waals surface area (Å²) in [6.45, 7) is 7.66. The summed E-state index contributed by atoms with van der Waals surface area (Å²) in [6, 6.07) is 15.7. The van der Waals surface area contributed by atoms with Gasteiger partial charge in [0.15, 0.2) is 11.5 Å². The first-order valence-corrected chi connectivity index (χ1v) is 15.8. The number of amides is 2. The Labute approximate surface area is 252 Å². The van der Waals surface area contributed by atoms with E-state index in [1.165, 1.54) is 35.2 Å². The van der Waals surface area contributed by atoms with E-state index >= 15 is 0 Å². The third kappa shape index (κ3) is 7.64. The van der Waals surface area contributed by atoms with Crippen LogP contribution in [0.25, 0.3) is 0 Å². The van der Waals surface area contributed by atoms with Crippen LogP contribution in [0.3, 0.4) is 0 Å². The smallest absolute Gasteiger partial charge is 0.264 e. The number of benzene rings is 3. The quantitative estimate of drug-likeness (QED) is 0.315. The number of nitrogens with one attached hydrogen (secondary N) is 1. The van der Waals surface area contributed by atoms with Crippen molar-refractivity contribution in [1.29, 1.82) is 0 Å². The van der Waals surface area contributed by atoms with Gasteiger partial charge in [0, 0.05) is 18.7 Å². The predicted octanol–water partition coefficient (Wildman–Crippen LogP) is 4.82. The molecule has 1 aliphatic rings. The fourth-order valence-corrected chi connectivity index (χ4v) is 6.13. The SMILES string of the molecule is CC[C@H](C(=O)N[C@@H](C)CC)N(Cc1ccc(C)cc1)C(=O)CN(c1ccc(F)cc1)S(=O)(=O)c1ccc2c(c1)OCCO2. The van der Waals surface area contributed by atoms with Crippen molar-refractivity contribution in [2.45, 2.75) is 64.1 Å². The molecule has 9 nitrogen and oxygen atoms in total. The fourth-order valence-electron chi connectivity index (χ4n) is 4.70. The first-order valence-electron chi connectivity index (χ1n) is 14.4. The van der Waals surface area contributed by atoms with Crippen LogP contribution in [0.1, 0.15) is 44.7 Å². The van der Waals surface area contributed by atoms with Crippen LogP contribution in [0, 0.1) is 12.7 Å². The summed E-state index contributed by atoms with van der Waals surface area (Å²) in [5.41, 5.74) is 1.92. The second-order valence-electron chi connectivity index (χ2n) is 10.5. The number of carbonyl (C=O) groups excluding carboxylic acids is 2. The molecular formula is C32H38FN3O6S. The summed E-state index contributed by atoms with van der Waals surface area (Å²) in [5.74, 6) is -0.776. The lowest BCUT2D eigenvalue weighted by Crippen LogP contribution is -2.53. The third-order valence-electron chi connectivity index (χ3n) is 7.36. The minimum absolute atomic E-state index is 0.0902. The van der Waals surface area contributed by atoms with E-state index in [0.29, 0.717) is 25.2 Å². The van der Waals surface area contributed by atoms with E-state index in [-0.39, 0.29) is 41.4 Å². The molecule has 0 unspecified atom stereocenters. The molecule has 0 aliphatic carbocycles. The molecule has 0 spiro atoms. The topological polar surface area (TPSA) is 105 Å². The van der Waals surface area contributed by atoms with Crippen LogP contribution in [0.4, 0.5) is 10.1 Å². The summed E-state index contributed by atoms with van der Waals surface area (Å²) < 4.78 is 54.1. The number of carbonyl (C=O) groups is 2. The van der Waals surface area contributed by atoms with Crippen molar-refractivity contribution >= 4 is 27.5 Å². The molecule has 0 saturated carbocycles. The minimum atomic E-state index is -4.36. The van der Waals surface area contributed by atoms with E-state index in [1.54, 1.807) is 6.92 Å². The van der Waals surface area contributed by atoms with Crippen LogP contribution in [0.2, 0.25) is 0 Å². The van der Waals surface area contributed by atoms with Crippen molar-refractivity contribution in [2.75, 3.05) is 24.1 Å². The van der Waals surface area contributed by atoms with Crippen molar-refractivity contribution in [3.05, 3.63) is 83.7 Å². The predicted molar refractivity (Wildman–Crippen MR) is 162 cm³/mol. The van der Waals surface area contributed by atoms with Gasteiger partial charge in [-0.15, -0.1) is 0 Å². The highest BCUT2D eigenvalue weighted by Gasteiger charge is 2.34. The normalized spacial score (nSPS) is 14.0. The third-order valence-corrected chi connectivity index (χ3v) is 9.13. The van der Waals surface area contributed by atoms with Crippen LogP contribution < -0.4 is 19.1 Å². The standard InChI is InChI=1S/C32H38FN3O6S/c1-5-23(4)34-32(38)28(6-2)35(20-24-9-7-22(3)8-10-24)31(37)21-36(26-13-11-25(33)12-14-26)43(39,40)27-15-16-29-30(19-27)42-18-17-41-29/h7-16,19,23,28H,5-6,17-18,20-21H2,1-4H3,(H,34,38)/t23-,28+/m0/s1. The van der Waals surface area contributed by atoms with Gasteiger partial charge in [0.05, 0.1) is 10.6 Å². The molecular weight excluding hydrogens is 573 g/mol. The molecule has 1 N–H and O–H groups in total. The Morgan fingerprint density at radius 3 is 2.21 bits per heavy atom. The molecule has 1 aliphatic heterocycles. The molecule has 0 radical (unpaired) electrons. The summed E-state index contributed by atoms with van der Waals surface area (Å²) >= 11 is 0. The highest BCUT2D eigenvalue weighted by Crippen LogP contribution is 2.34. The van der Waals surface area contributed by atoms with Crippen LogP contribution in [-0.4, -0.2) is 57.0 Å². The molecule has 0 aromatic heterocycles. The molecule has 2 amide bonds. The number of ether oxygens (including phenoxy) is 2. The maximum absolute atomic E-state index is 14.2. The van der Waals surface area contributed by atoms with Crippen molar-refractivity contribution in [1.82, 2.24) is 10.2 Å². The molecule has 11 heteroatoms. The summed E-state index contributed by atoms with van der Waals surface area (Å²) in [5, 5.41) is 2.96. The molecule has 0 bridgehead atoms. The van der Waals surface area contributed by atoms with E-state index in [9.17, 15) is 22.4 Å². The highest BCUT2D eigenvalue weighted by molar-refractivity contribution is 7.92. The average molecular weight is 612 g/mol.